The molecular formula is C25H22O6. The van der Waals surface area contributed by atoms with Crippen molar-refractivity contribution >= 4 is 11.9 Å². The van der Waals surface area contributed by atoms with Gasteiger partial charge in [-0.1, -0.05) is 65.7 Å². The molecule has 0 amide bonds. The Hall–Kier alpha value is -3.48. The average molecular weight is 418 g/mol. The van der Waals surface area contributed by atoms with Crippen LogP contribution in [0.4, 0.5) is 0 Å². The molecule has 0 bridgehead atoms. The van der Waals surface area contributed by atoms with Gasteiger partial charge < -0.3 is 18.9 Å². The molecule has 0 aromatic heterocycles. The van der Waals surface area contributed by atoms with Crippen molar-refractivity contribution in [1.29, 1.82) is 0 Å². The third kappa shape index (κ3) is 4.99. The highest BCUT2D eigenvalue weighted by Gasteiger charge is 2.48. The van der Waals surface area contributed by atoms with E-state index in [4.69, 9.17) is 18.9 Å². The fraction of sp³-hybridized carbons (Fsp3) is 0.200. The molecule has 1 saturated heterocycles. The monoisotopic (exact) mass is 418 g/mol. The van der Waals surface area contributed by atoms with Crippen LogP contribution in [0.5, 0.6) is 11.5 Å². The molecule has 0 spiro atoms. The minimum atomic E-state index is -1.27. The number of hydrogen-bond donors (Lipinski definition) is 0. The van der Waals surface area contributed by atoms with Crippen molar-refractivity contribution in [1.82, 2.24) is 0 Å². The van der Waals surface area contributed by atoms with Crippen LogP contribution >= 0.6 is 0 Å². The van der Waals surface area contributed by atoms with Gasteiger partial charge in [-0.3, -0.25) is 0 Å². The molecule has 6 heteroatoms. The topological polar surface area (TPSA) is 71.1 Å². The second-order valence-corrected chi connectivity index (χ2v) is 7.32. The van der Waals surface area contributed by atoms with Crippen molar-refractivity contribution < 1.29 is 28.5 Å². The summed E-state index contributed by atoms with van der Waals surface area (Å²) < 4.78 is 22.5. The summed E-state index contributed by atoms with van der Waals surface area (Å²) in [6.07, 6.45) is -3.44. The van der Waals surface area contributed by atoms with Gasteiger partial charge in [-0.05, 0) is 38.1 Å². The van der Waals surface area contributed by atoms with E-state index in [1.807, 2.05) is 56.3 Å². The molecule has 3 aromatic rings. The van der Waals surface area contributed by atoms with Gasteiger partial charge in [0.2, 0.25) is 0 Å². The molecule has 0 radical (unpaired) electrons. The highest BCUT2D eigenvalue weighted by atomic mass is 16.8. The van der Waals surface area contributed by atoms with E-state index in [1.165, 1.54) is 0 Å². The lowest BCUT2D eigenvalue weighted by molar-refractivity contribution is -0.153. The van der Waals surface area contributed by atoms with Crippen molar-refractivity contribution in [3.05, 3.63) is 95.6 Å². The predicted molar refractivity (Wildman–Crippen MR) is 113 cm³/mol. The van der Waals surface area contributed by atoms with Crippen molar-refractivity contribution in [2.24, 2.45) is 0 Å². The normalized spacial score (nSPS) is 18.5. The summed E-state index contributed by atoms with van der Waals surface area (Å²) >= 11 is 0. The first kappa shape index (κ1) is 20.8. The van der Waals surface area contributed by atoms with Gasteiger partial charge in [0.05, 0.1) is 0 Å². The van der Waals surface area contributed by atoms with Crippen LogP contribution in [0.3, 0.4) is 0 Å². The summed E-state index contributed by atoms with van der Waals surface area (Å²) in [5, 5.41) is 0. The Kier molecular flexibility index (Phi) is 6.11. The zero-order valence-electron chi connectivity index (χ0n) is 17.2. The molecule has 1 fully saturated rings. The molecule has 1 heterocycles. The lowest BCUT2D eigenvalue weighted by Crippen LogP contribution is -2.41. The Balaban J connectivity index is 1.54. The molecule has 1 aliphatic rings. The van der Waals surface area contributed by atoms with Gasteiger partial charge >= 0.3 is 11.9 Å². The maximum Gasteiger partial charge on any atom is 0.344 e. The lowest BCUT2D eigenvalue weighted by atomic mass is 10.2. The minimum absolute atomic E-state index is 0.355. The van der Waals surface area contributed by atoms with Crippen LogP contribution in [-0.2, 0) is 19.1 Å². The third-order valence-corrected chi connectivity index (χ3v) is 4.83. The summed E-state index contributed by atoms with van der Waals surface area (Å²) in [4.78, 5) is 25.7. The highest BCUT2D eigenvalue weighted by Crippen LogP contribution is 2.33. The van der Waals surface area contributed by atoms with Crippen LogP contribution in [0.15, 0.2) is 78.9 Å². The van der Waals surface area contributed by atoms with Crippen molar-refractivity contribution in [2.75, 3.05) is 0 Å². The Morgan fingerprint density at radius 2 is 1.06 bits per heavy atom. The van der Waals surface area contributed by atoms with Gasteiger partial charge in [0.15, 0.2) is 18.5 Å². The quantitative estimate of drug-likeness (QED) is 0.455. The van der Waals surface area contributed by atoms with Crippen LogP contribution in [-0.4, -0.2) is 24.1 Å². The van der Waals surface area contributed by atoms with Gasteiger partial charge in [-0.2, -0.15) is 0 Å². The molecule has 31 heavy (non-hydrogen) atoms. The summed E-state index contributed by atoms with van der Waals surface area (Å²) in [7, 11) is 0. The molecule has 3 aromatic carbocycles. The van der Waals surface area contributed by atoms with Crippen molar-refractivity contribution in [3.8, 4) is 11.5 Å². The van der Waals surface area contributed by atoms with E-state index in [9.17, 15) is 9.59 Å². The van der Waals surface area contributed by atoms with Gasteiger partial charge in [0.1, 0.15) is 11.5 Å². The third-order valence-electron chi connectivity index (χ3n) is 4.83. The number of aryl methyl sites for hydroxylation is 2. The maximum absolute atomic E-state index is 12.9. The molecule has 0 N–H and O–H groups in total. The SMILES string of the molecule is Cc1ccc(OC(=O)[C@@H]2OC(c3ccccc3)O[C@H]2C(=O)Oc2ccc(C)cc2)cc1. The summed E-state index contributed by atoms with van der Waals surface area (Å²) in [5.41, 5.74) is 2.74. The van der Waals surface area contributed by atoms with E-state index in [0.717, 1.165) is 11.1 Å². The number of hydrogen-bond acceptors (Lipinski definition) is 6. The Labute approximate surface area is 180 Å². The fourth-order valence-corrected chi connectivity index (χ4v) is 3.13. The first-order valence-corrected chi connectivity index (χ1v) is 9.92. The number of carbonyl (C=O) groups is 2. The molecule has 0 aliphatic carbocycles. The number of esters is 2. The number of ether oxygens (including phenoxy) is 4. The molecule has 4 rings (SSSR count). The average Bonchev–Trinajstić information content (AvgIpc) is 3.23. The van der Waals surface area contributed by atoms with Gasteiger partial charge in [0.25, 0.3) is 0 Å². The summed E-state index contributed by atoms with van der Waals surface area (Å²) in [6.45, 7) is 3.86. The first-order chi connectivity index (χ1) is 15.0. The number of benzene rings is 3. The van der Waals surface area contributed by atoms with E-state index in [2.05, 4.69) is 0 Å². The summed E-state index contributed by atoms with van der Waals surface area (Å²) in [5.74, 6) is -0.748. The smallest absolute Gasteiger partial charge is 0.344 e. The lowest BCUT2D eigenvalue weighted by Gasteiger charge is -2.15. The van der Waals surface area contributed by atoms with Crippen LogP contribution in [0.25, 0.3) is 0 Å². The standard InChI is InChI=1S/C25H22O6/c1-16-8-12-19(13-9-16)28-23(26)21-22(24(27)29-20-14-10-17(2)11-15-20)31-25(30-21)18-6-4-3-5-7-18/h3-15,21-22,25H,1-2H3/t21-,22-/m1/s1. The van der Waals surface area contributed by atoms with Crippen LogP contribution < -0.4 is 9.47 Å². The summed E-state index contributed by atoms with van der Waals surface area (Å²) in [6, 6.07) is 23.1. The van der Waals surface area contributed by atoms with E-state index >= 15 is 0 Å². The molecular weight excluding hydrogens is 396 g/mol. The van der Waals surface area contributed by atoms with Crippen LogP contribution in [0.2, 0.25) is 0 Å². The first-order valence-electron chi connectivity index (χ1n) is 9.92. The highest BCUT2D eigenvalue weighted by molar-refractivity contribution is 5.88. The zero-order chi connectivity index (χ0) is 21.8. The van der Waals surface area contributed by atoms with E-state index in [-0.39, 0.29) is 0 Å². The Bertz CT molecular complexity index is 976. The molecule has 158 valence electrons. The Morgan fingerprint density at radius 3 is 1.48 bits per heavy atom. The van der Waals surface area contributed by atoms with E-state index in [0.29, 0.717) is 17.1 Å². The molecule has 0 saturated carbocycles. The predicted octanol–water partition coefficient (Wildman–Crippen LogP) is 4.30. The number of rotatable bonds is 5. The maximum atomic E-state index is 12.9. The number of carbonyl (C=O) groups excluding carboxylic acids is 2. The fourth-order valence-electron chi connectivity index (χ4n) is 3.13. The van der Waals surface area contributed by atoms with Crippen molar-refractivity contribution in [3.63, 3.8) is 0 Å². The van der Waals surface area contributed by atoms with Gasteiger partial charge in [-0.15, -0.1) is 0 Å². The van der Waals surface area contributed by atoms with E-state index in [1.54, 1.807) is 36.4 Å². The minimum Gasteiger partial charge on any atom is -0.425 e. The van der Waals surface area contributed by atoms with Crippen LogP contribution in [0, 0.1) is 13.8 Å². The second kappa shape index (κ2) is 9.12. The Morgan fingerprint density at radius 1 is 0.645 bits per heavy atom. The van der Waals surface area contributed by atoms with Crippen LogP contribution in [0.1, 0.15) is 23.0 Å². The van der Waals surface area contributed by atoms with E-state index < -0.39 is 30.4 Å². The zero-order valence-corrected chi connectivity index (χ0v) is 17.2. The van der Waals surface area contributed by atoms with Gasteiger partial charge in [-0.25, -0.2) is 9.59 Å². The van der Waals surface area contributed by atoms with Gasteiger partial charge in [0, 0.05) is 5.56 Å². The molecule has 6 nitrogen and oxygen atoms in total. The largest absolute Gasteiger partial charge is 0.425 e. The molecule has 2 atom stereocenters. The molecule has 0 unspecified atom stereocenters. The second-order valence-electron chi connectivity index (χ2n) is 7.32. The molecule has 1 aliphatic heterocycles. The van der Waals surface area contributed by atoms with Crippen molar-refractivity contribution in [2.45, 2.75) is 32.3 Å².